The first kappa shape index (κ1) is 41.2. The van der Waals surface area contributed by atoms with Gasteiger partial charge in [0.15, 0.2) is 0 Å². The maximum atomic E-state index is 13.8. The molecule has 7 atom stereocenters. The number of hydrogen-bond acceptors (Lipinski definition) is 5. The van der Waals surface area contributed by atoms with Crippen molar-refractivity contribution in [3.8, 4) is 5.75 Å². The average Bonchev–Trinajstić information content (AvgIpc) is 3.28. The van der Waals surface area contributed by atoms with Gasteiger partial charge in [-0.25, -0.2) is 4.79 Å². The van der Waals surface area contributed by atoms with E-state index < -0.39 is 39.6 Å². The number of nitrogens with one attached hydrogen (secondary N) is 1. The molecule has 284 valence electrons. The van der Waals surface area contributed by atoms with Gasteiger partial charge in [-0.15, -0.1) is 0 Å². The minimum absolute atomic E-state index is 0.0611. The quantitative estimate of drug-likeness (QED) is 0.143. The van der Waals surface area contributed by atoms with Gasteiger partial charge in [0.1, 0.15) is 11.5 Å². The summed E-state index contributed by atoms with van der Waals surface area (Å²) in [6.45, 7) is 13.4. The fourth-order valence-corrected chi connectivity index (χ4v) is 11.0. The van der Waals surface area contributed by atoms with Gasteiger partial charge in [0, 0.05) is 52.6 Å². The van der Waals surface area contributed by atoms with Crippen LogP contribution >= 0.6 is 9.24 Å². The van der Waals surface area contributed by atoms with Gasteiger partial charge in [-0.3, -0.25) is 9.00 Å². The van der Waals surface area contributed by atoms with Crippen molar-refractivity contribution in [2.24, 2.45) is 28.6 Å². The lowest BCUT2D eigenvalue weighted by atomic mass is 9.52. The molecule has 0 saturated heterocycles. The molecule has 0 radical (unpaired) electrons. The second-order valence-corrected chi connectivity index (χ2v) is 20.2. The first-order valence-corrected chi connectivity index (χ1v) is 20.1. The van der Waals surface area contributed by atoms with Crippen molar-refractivity contribution in [1.29, 1.82) is 0 Å². The Morgan fingerprint density at radius 2 is 1.80 bits per heavy atom. The van der Waals surface area contributed by atoms with Crippen LogP contribution in [0, 0.1) is 35.5 Å². The molecule has 1 aromatic rings. The monoisotopic (exact) mass is 746 g/mol. The van der Waals surface area contributed by atoms with Gasteiger partial charge in [-0.05, 0) is 138 Å². The van der Waals surface area contributed by atoms with Gasteiger partial charge in [0.25, 0.3) is 0 Å². The van der Waals surface area contributed by atoms with Crippen molar-refractivity contribution in [3.63, 3.8) is 0 Å². The summed E-state index contributed by atoms with van der Waals surface area (Å²) >= 11 is 0. The summed E-state index contributed by atoms with van der Waals surface area (Å²) in [4.78, 5) is 27.9. The third-order valence-corrected chi connectivity index (χ3v) is 14.4. The van der Waals surface area contributed by atoms with E-state index in [-0.39, 0.29) is 23.0 Å². The molecule has 0 aliphatic heterocycles. The number of amides is 1. The zero-order chi connectivity index (χ0) is 37.4. The number of halogens is 4. The first-order valence-electron chi connectivity index (χ1n) is 18.2. The molecule has 2 saturated carbocycles. The summed E-state index contributed by atoms with van der Waals surface area (Å²) in [7, 11) is 3.31. The molecule has 12 heteroatoms. The largest absolute Gasteiger partial charge is 0.412 e. The standard InChI is InChI=1S/C38H59F4N2O4PS/c1-24-20-28-26(22-30(24)48-33(46)43-17-18-44(7)8)21-25(32-27(28)13-16-36(6)29(32)10-11-31(36)45)12-15-34(2,3)23-35(4,5)50(47)19-9-14-37(39,40)38(41,42)49/h20,22,25,27,29,32H,9-19,21,23,49H2,1-8H3,(H,43,46)/t25-,27-,29+,32-,36+,50?/m1/s1. The molecule has 3 aliphatic carbocycles. The molecular formula is C38H59F4N2O4PS. The van der Waals surface area contributed by atoms with Gasteiger partial charge >= 0.3 is 17.7 Å². The van der Waals surface area contributed by atoms with Crippen molar-refractivity contribution in [3.05, 3.63) is 28.8 Å². The van der Waals surface area contributed by atoms with Crippen LogP contribution in [0.5, 0.6) is 5.75 Å². The summed E-state index contributed by atoms with van der Waals surface area (Å²) < 4.78 is 72.6. The SMILES string of the molecule is Cc1cc2c(cc1OC(=O)NCCN(C)C)C[C@@H](CCC(C)(C)CC(C)(C)S(=O)CCCC(F)(F)C(F)(F)P)[C@@H]1[C@@H]2CC[C@]2(C)C(=O)CC[C@@H]12. The lowest BCUT2D eigenvalue weighted by Crippen LogP contribution is -2.46. The third-order valence-electron chi connectivity index (χ3n) is 12.0. The molecule has 0 spiro atoms. The first-order chi connectivity index (χ1) is 23.0. The van der Waals surface area contributed by atoms with E-state index in [1.54, 1.807) is 0 Å². The topological polar surface area (TPSA) is 75.7 Å². The van der Waals surface area contributed by atoms with Crippen molar-refractivity contribution in [2.75, 3.05) is 32.9 Å². The molecule has 1 aromatic carbocycles. The number of ether oxygens (including phenoxy) is 1. The van der Waals surface area contributed by atoms with E-state index in [2.05, 4.69) is 32.2 Å². The highest BCUT2D eigenvalue weighted by atomic mass is 32.2. The molecule has 1 amide bonds. The Hall–Kier alpha value is -1.58. The van der Waals surface area contributed by atoms with Gasteiger partial charge in [0.2, 0.25) is 0 Å². The minimum Gasteiger partial charge on any atom is -0.410 e. The smallest absolute Gasteiger partial charge is 0.410 e. The molecule has 4 rings (SSSR count). The Labute approximate surface area is 301 Å². The third kappa shape index (κ3) is 9.31. The summed E-state index contributed by atoms with van der Waals surface area (Å²) in [6, 6.07) is 4.24. The number of fused-ring (bicyclic) bond motifs is 5. The van der Waals surface area contributed by atoms with Crippen LogP contribution in [-0.2, 0) is 22.0 Å². The van der Waals surface area contributed by atoms with E-state index in [1.807, 2.05) is 45.8 Å². The van der Waals surface area contributed by atoms with Crippen LogP contribution in [0.25, 0.3) is 0 Å². The second kappa shape index (κ2) is 15.4. The number of alkyl halides is 4. The van der Waals surface area contributed by atoms with E-state index in [1.165, 1.54) is 11.1 Å². The van der Waals surface area contributed by atoms with Crippen molar-refractivity contribution in [2.45, 2.75) is 128 Å². The lowest BCUT2D eigenvalue weighted by Gasteiger charge is -2.52. The van der Waals surface area contributed by atoms with Crippen LogP contribution in [0.4, 0.5) is 22.4 Å². The Bertz CT molecular complexity index is 1430. The number of carbonyl (C=O) groups excluding carboxylic acids is 2. The van der Waals surface area contributed by atoms with E-state index in [0.29, 0.717) is 61.1 Å². The molecule has 2 unspecified atom stereocenters. The normalized spacial score (nSPS) is 26.3. The molecule has 50 heavy (non-hydrogen) atoms. The molecule has 1 N–H and O–H groups in total. The summed E-state index contributed by atoms with van der Waals surface area (Å²) in [5.74, 6) is -2.01. The van der Waals surface area contributed by atoms with E-state index in [0.717, 1.165) is 53.3 Å². The Balaban J connectivity index is 1.50. The zero-order valence-electron chi connectivity index (χ0n) is 31.2. The van der Waals surface area contributed by atoms with Crippen LogP contribution in [-0.4, -0.2) is 70.3 Å². The lowest BCUT2D eigenvalue weighted by molar-refractivity contribution is -0.156. The molecule has 2 fully saturated rings. The van der Waals surface area contributed by atoms with Gasteiger partial charge in [0.05, 0.1) is 0 Å². The Kier molecular flexibility index (Phi) is 12.7. The molecular weight excluding hydrogens is 687 g/mol. The predicted molar refractivity (Wildman–Crippen MR) is 196 cm³/mol. The highest BCUT2D eigenvalue weighted by Gasteiger charge is 2.57. The van der Waals surface area contributed by atoms with Crippen LogP contribution in [0.2, 0.25) is 0 Å². The average molecular weight is 747 g/mol. The van der Waals surface area contributed by atoms with Crippen molar-refractivity contribution in [1.82, 2.24) is 10.2 Å². The molecule has 6 nitrogen and oxygen atoms in total. The number of carbonyl (C=O) groups is 2. The number of benzene rings is 1. The molecule has 0 heterocycles. The van der Waals surface area contributed by atoms with Gasteiger partial charge in [-0.2, -0.15) is 17.6 Å². The highest BCUT2D eigenvalue weighted by molar-refractivity contribution is 7.86. The second-order valence-electron chi connectivity index (χ2n) is 17.2. The highest BCUT2D eigenvalue weighted by Crippen LogP contribution is 2.62. The van der Waals surface area contributed by atoms with Gasteiger partial charge in [-0.1, -0.05) is 36.1 Å². The number of rotatable bonds is 15. The van der Waals surface area contributed by atoms with Crippen LogP contribution in [0.3, 0.4) is 0 Å². The Morgan fingerprint density at radius 3 is 2.44 bits per heavy atom. The predicted octanol–water partition coefficient (Wildman–Crippen LogP) is 8.90. The number of aryl methyl sites for hydroxylation is 1. The number of likely N-dealkylation sites (N-methyl/N-ethyl adjacent to an activating group) is 1. The van der Waals surface area contributed by atoms with E-state index >= 15 is 0 Å². The fraction of sp³-hybridized carbons (Fsp3) is 0.789. The van der Waals surface area contributed by atoms with E-state index in [9.17, 15) is 31.4 Å². The maximum Gasteiger partial charge on any atom is 0.412 e. The maximum absolute atomic E-state index is 13.8. The van der Waals surface area contributed by atoms with Crippen LogP contribution in [0.1, 0.15) is 115 Å². The number of Topliss-reactive ketones (excluding diaryl/α,β-unsaturated/α-hetero) is 1. The van der Waals surface area contributed by atoms with Crippen molar-refractivity contribution >= 4 is 31.9 Å². The molecule has 0 bridgehead atoms. The minimum atomic E-state index is -4.19. The Morgan fingerprint density at radius 1 is 1.12 bits per heavy atom. The number of nitrogens with zero attached hydrogens (tertiary/aromatic N) is 1. The number of ketones is 1. The van der Waals surface area contributed by atoms with Crippen LogP contribution < -0.4 is 10.1 Å². The zero-order valence-corrected chi connectivity index (χ0v) is 33.2. The van der Waals surface area contributed by atoms with E-state index in [4.69, 9.17) is 4.74 Å². The summed E-state index contributed by atoms with van der Waals surface area (Å²) in [5.41, 5.74) is -1.31. The summed E-state index contributed by atoms with van der Waals surface area (Å²) in [5, 5.41) is 2.82. The summed E-state index contributed by atoms with van der Waals surface area (Å²) in [6.07, 6.45) is 4.76. The van der Waals surface area contributed by atoms with Crippen LogP contribution in [0.15, 0.2) is 12.1 Å². The fourth-order valence-electron chi connectivity index (χ4n) is 9.37. The molecule has 3 aliphatic rings. The van der Waals surface area contributed by atoms with Gasteiger partial charge < -0.3 is 15.0 Å². The van der Waals surface area contributed by atoms with Crippen molar-refractivity contribution < 1.29 is 36.1 Å². The molecule has 0 aromatic heterocycles. The number of hydrogen-bond donors (Lipinski definition) is 1.